The van der Waals surface area contributed by atoms with Crippen LogP contribution in [0.4, 0.5) is 0 Å². The van der Waals surface area contributed by atoms with E-state index in [-0.39, 0.29) is 10.9 Å². The van der Waals surface area contributed by atoms with Crippen LogP contribution in [0.25, 0.3) is 23.0 Å². The summed E-state index contributed by atoms with van der Waals surface area (Å²) in [5.74, 6) is -0.346. The van der Waals surface area contributed by atoms with Gasteiger partial charge in [-0.15, -0.1) is 0 Å². The quantitative estimate of drug-likeness (QED) is 0.154. The Morgan fingerprint density at radius 2 is 1.80 bits per heavy atom. The minimum atomic E-state index is -4.24. The van der Waals surface area contributed by atoms with Crippen molar-refractivity contribution in [3.05, 3.63) is 107 Å². The molecule has 1 saturated heterocycles. The topological polar surface area (TPSA) is 102 Å². The number of carbonyl (C=O) groups excluding carboxylic acids is 1. The van der Waals surface area contributed by atoms with E-state index in [9.17, 15) is 13.2 Å². The molecule has 40 heavy (non-hydrogen) atoms. The van der Waals surface area contributed by atoms with Crippen molar-refractivity contribution in [1.82, 2.24) is 14.7 Å². The van der Waals surface area contributed by atoms with E-state index in [1.54, 1.807) is 10.8 Å². The van der Waals surface area contributed by atoms with Gasteiger partial charge in [0.05, 0.1) is 16.3 Å². The molecule has 1 amide bonds. The van der Waals surface area contributed by atoms with Crippen LogP contribution in [0.1, 0.15) is 16.7 Å². The van der Waals surface area contributed by atoms with Crippen LogP contribution in [0.15, 0.2) is 90.0 Å². The van der Waals surface area contributed by atoms with E-state index in [1.165, 1.54) is 10.5 Å². The molecule has 1 N–H and O–H groups in total. The molecule has 1 aliphatic heterocycles. The zero-order chi connectivity index (χ0) is 28.3. The number of thiocarbonyl (C=S) groups is 1. The van der Waals surface area contributed by atoms with Crippen molar-refractivity contribution < 1.29 is 22.5 Å². The number of aromatic nitrogens is 2. The lowest BCUT2D eigenvalue weighted by Crippen LogP contribution is -2.32. The average Bonchev–Trinajstić information content (AvgIpc) is 3.47. The third kappa shape index (κ3) is 6.68. The zero-order valence-corrected chi connectivity index (χ0v) is 23.9. The van der Waals surface area contributed by atoms with Gasteiger partial charge in [0.15, 0.2) is 0 Å². The van der Waals surface area contributed by atoms with Gasteiger partial charge in [0, 0.05) is 23.9 Å². The molecule has 0 aliphatic carbocycles. The predicted octanol–water partition coefficient (Wildman–Crippen LogP) is 5.52. The van der Waals surface area contributed by atoms with Gasteiger partial charge in [-0.3, -0.25) is 14.2 Å². The third-order valence-electron chi connectivity index (χ3n) is 6.13. The number of para-hydroxylation sites is 1. The van der Waals surface area contributed by atoms with E-state index >= 15 is 0 Å². The summed E-state index contributed by atoms with van der Waals surface area (Å²) in [5, 5.41) is 4.83. The minimum Gasteiger partial charge on any atom is -0.489 e. The van der Waals surface area contributed by atoms with Crippen molar-refractivity contribution in [2.75, 3.05) is 12.3 Å². The van der Waals surface area contributed by atoms with Gasteiger partial charge in [-0.25, -0.2) is 4.68 Å². The first-order valence-corrected chi connectivity index (χ1v) is 15.1. The molecule has 204 valence electrons. The molecule has 1 aromatic heterocycles. The minimum absolute atomic E-state index is 0.225. The fourth-order valence-corrected chi connectivity index (χ4v) is 5.77. The summed E-state index contributed by atoms with van der Waals surface area (Å²) >= 11 is 6.39. The Hall–Kier alpha value is -3.77. The summed E-state index contributed by atoms with van der Waals surface area (Å²) in [6.45, 7) is 2.23. The second kappa shape index (κ2) is 11.8. The fourth-order valence-electron chi connectivity index (χ4n) is 4.06. The summed E-state index contributed by atoms with van der Waals surface area (Å²) in [7, 11) is -4.24. The number of aryl methyl sites for hydroxylation is 1. The number of carbonyl (C=O) groups is 1. The van der Waals surface area contributed by atoms with Crippen molar-refractivity contribution in [1.29, 1.82) is 0 Å². The van der Waals surface area contributed by atoms with Crippen molar-refractivity contribution in [3.63, 3.8) is 0 Å². The summed E-state index contributed by atoms with van der Waals surface area (Å²) < 4.78 is 39.6. The first-order chi connectivity index (χ1) is 19.2. The summed E-state index contributed by atoms with van der Waals surface area (Å²) in [6, 6.07) is 25.3. The SMILES string of the molecule is Cc1ccc(COc2cccc(-c3nn(-c4ccccc4)cc3C=C3SC(=S)N(CCS(=O)(=O)O)C3=O)c2)cc1. The second-order valence-corrected chi connectivity index (χ2v) is 12.4. The molecule has 0 atom stereocenters. The van der Waals surface area contributed by atoms with Crippen LogP contribution in [0.5, 0.6) is 5.75 Å². The maximum Gasteiger partial charge on any atom is 0.266 e. The number of benzene rings is 3. The zero-order valence-electron chi connectivity index (χ0n) is 21.4. The molecule has 0 saturated carbocycles. The molecule has 0 radical (unpaired) electrons. The highest BCUT2D eigenvalue weighted by Crippen LogP contribution is 2.35. The lowest BCUT2D eigenvalue weighted by Gasteiger charge is -2.12. The van der Waals surface area contributed by atoms with Crippen molar-refractivity contribution in [2.45, 2.75) is 13.5 Å². The van der Waals surface area contributed by atoms with Gasteiger partial charge in [0.1, 0.15) is 22.4 Å². The lowest BCUT2D eigenvalue weighted by molar-refractivity contribution is -0.121. The number of ether oxygens (including phenoxy) is 1. The van der Waals surface area contributed by atoms with Crippen LogP contribution in [-0.4, -0.2) is 50.2 Å². The summed E-state index contributed by atoms with van der Waals surface area (Å²) in [6.07, 6.45) is 3.53. The molecule has 3 aromatic carbocycles. The summed E-state index contributed by atoms with van der Waals surface area (Å²) in [4.78, 5) is 14.6. The Morgan fingerprint density at radius 1 is 1.05 bits per heavy atom. The maximum absolute atomic E-state index is 13.1. The van der Waals surface area contributed by atoms with Crippen LogP contribution in [0.2, 0.25) is 0 Å². The monoisotopic (exact) mass is 591 g/mol. The van der Waals surface area contributed by atoms with Crippen LogP contribution < -0.4 is 4.74 Å². The van der Waals surface area contributed by atoms with Crippen LogP contribution >= 0.6 is 24.0 Å². The van der Waals surface area contributed by atoms with Gasteiger partial charge in [0.25, 0.3) is 16.0 Å². The van der Waals surface area contributed by atoms with Gasteiger partial charge < -0.3 is 4.74 Å². The molecule has 11 heteroatoms. The number of hydrogen-bond acceptors (Lipinski definition) is 7. The molecule has 5 rings (SSSR count). The van der Waals surface area contributed by atoms with Crippen LogP contribution in [0.3, 0.4) is 0 Å². The largest absolute Gasteiger partial charge is 0.489 e. The van der Waals surface area contributed by atoms with Crippen LogP contribution in [0, 0.1) is 6.92 Å². The molecule has 0 unspecified atom stereocenters. The number of hydrogen-bond donors (Lipinski definition) is 1. The lowest BCUT2D eigenvalue weighted by atomic mass is 10.1. The number of thioether (sulfide) groups is 1. The number of amides is 1. The fraction of sp³-hybridized carbons (Fsp3) is 0.138. The molecular formula is C29H25N3O5S3. The van der Waals surface area contributed by atoms with E-state index in [1.807, 2.05) is 92.0 Å². The van der Waals surface area contributed by atoms with E-state index in [4.69, 9.17) is 26.6 Å². The molecule has 0 bridgehead atoms. The normalized spacial score (nSPS) is 14.8. The highest BCUT2D eigenvalue weighted by molar-refractivity contribution is 8.26. The first kappa shape index (κ1) is 27.8. The van der Waals surface area contributed by atoms with Gasteiger partial charge in [0.2, 0.25) is 0 Å². The Labute approximate surface area is 242 Å². The van der Waals surface area contributed by atoms with E-state index in [2.05, 4.69) is 0 Å². The van der Waals surface area contributed by atoms with E-state index in [0.717, 1.165) is 28.6 Å². The Kier molecular flexibility index (Phi) is 8.17. The smallest absolute Gasteiger partial charge is 0.266 e. The molecule has 1 aliphatic rings. The third-order valence-corrected chi connectivity index (χ3v) is 8.21. The molecule has 4 aromatic rings. The van der Waals surface area contributed by atoms with Gasteiger partial charge in [-0.05, 0) is 42.8 Å². The predicted molar refractivity (Wildman–Crippen MR) is 161 cm³/mol. The maximum atomic E-state index is 13.1. The van der Waals surface area contributed by atoms with Gasteiger partial charge in [-0.1, -0.05) is 84.1 Å². The Bertz CT molecular complexity index is 1700. The second-order valence-electron chi connectivity index (χ2n) is 9.13. The Morgan fingerprint density at radius 3 is 2.52 bits per heavy atom. The first-order valence-electron chi connectivity index (χ1n) is 12.3. The van der Waals surface area contributed by atoms with Crippen molar-refractivity contribution in [3.8, 4) is 22.7 Å². The Balaban J connectivity index is 1.47. The van der Waals surface area contributed by atoms with E-state index < -0.39 is 21.8 Å². The molecule has 2 heterocycles. The molecule has 1 fully saturated rings. The molecule has 8 nitrogen and oxygen atoms in total. The van der Waals surface area contributed by atoms with Crippen molar-refractivity contribution >= 4 is 50.4 Å². The highest BCUT2D eigenvalue weighted by Gasteiger charge is 2.33. The molecular weight excluding hydrogens is 567 g/mol. The van der Waals surface area contributed by atoms with Crippen LogP contribution in [-0.2, 0) is 21.5 Å². The van der Waals surface area contributed by atoms with Gasteiger partial charge in [-0.2, -0.15) is 13.5 Å². The average molecular weight is 592 g/mol. The highest BCUT2D eigenvalue weighted by atomic mass is 32.2. The standard InChI is InChI=1S/C29H25N3O5S3/c1-20-10-12-21(13-11-20)19-37-25-9-5-6-22(16-25)27-23(18-32(30-27)24-7-3-2-4-8-24)17-26-28(33)31(29(38)39-26)14-15-40(34,35)36/h2-13,16-18H,14-15,19H2,1H3,(H,34,35,36). The van der Waals surface area contributed by atoms with Crippen molar-refractivity contribution in [2.24, 2.45) is 0 Å². The number of nitrogens with zero attached hydrogens (tertiary/aromatic N) is 3. The van der Waals surface area contributed by atoms with E-state index in [0.29, 0.717) is 28.5 Å². The molecule has 0 spiro atoms. The number of rotatable bonds is 9. The van der Waals surface area contributed by atoms with Gasteiger partial charge >= 0.3 is 0 Å². The summed E-state index contributed by atoms with van der Waals surface area (Å²) in [5.41, 5.74) is 5.19.